The molecular weight excluding hydrogens is 494 g/mol. The maximum absolute atomic E-state index is 17.3. The van der Waals surface area contributed by atoms with Crippen molar-refractivity contribution >= 4 is 28.9 Å². The topological polar surface area (TPSA) is 114 Å². The third kappa shape index (κ3) is 2.95. The molecule has 5 rings (SSSR count). The first-order valence-electron chi connectivity index (χ1n) is 12.0. The molecule has 1 aromatic heterocycles. The third-order valence-electron chi connectivity index (χ3n) is 9.53. The highest BCUT2D eigenvalue weighted by atomic mass is 32.2. The van der Waals surface area contributed by atoms with E-state index < -0.39 is 69.0 Å². The van der Waals surface area contributed by atoms with Gasteiger partial charge >= 0.3 is 5.97 Å². The Morgan fingerprint density at radius 2 is 1.97 bits per heavy atom. The minimum atomic E-state index is -2.33. The van der Waals surface area contributed by atoms with Gasteiger partial charge in [0.15, 0.2) is 17.1 Å². The van der Waals surface area contributed by atoms with Gasteiger partial charge in [0.2, 0.25) is 5.76 Å². The zero-order chi connectivity index (χ0) is 26.3. The molecule has 1 aromatic rings. The van der Waals surface area contributed by atoms with Gasteiger partial charge in [0.25, 0.3) is 5.12 Å². The molecule has 3 fully saturated rings. The van der Waals surface area contributed by atoms with Crippen molar-refractivity contribution in [3.63, 3.8) is 0 Å². The van der Waals surface area contributed by atoms with E-state index in [2.05, 4.69) is 0 Å². The van der Waals surface area contributed by atoms with Crippen molar-refractivity contribution < 1.29 is 42.0 Å². The number of rotatable bonds is 3. The highest BCUT2D eigenvalue weighted by molar-refractivity contribution is 8.09. The summed E-state index contributed by atoms with van der Waals surface area (Å²) >= 11 is -0.0879. The van der Waals surface area contributed by atoms with Crippen LogP contribution in [0.5, 0.6) is 0 Å². The van der Waals surface area contributed by atoms with Crippen molar-refractivity contribution in [1.82, 2.24) is 0 Å². The first-order valence-corrected chi connectivity index (χ1v) is 12.7. The molecule has 0 radical (unpaired) electrons. The number of halogens is 2. The highest BCUT2D eigenvalue weighted by Gasteiger charge is 2.78. The van der Waals surface area contributed by atoms with E-state index in [0.29, 0.717) is 0 Å². The number of alkyl halides is 2. The summed E-state index contributed by atoms with van der Waals surface area (Å²) in [4.78, 5) is 38.3. The SMILES string of the molecule is C[C@@H]1CC2C3C[C@H](F)C4=CC(=O)C=CC4(C)[C@@]3(F)[C@@H](O)C[C@]2(C)[C@@]1(OC(=O)c1ccco1)C(=O)SO. The van der Waals surface area contributed by atoms with Crippen molar-refractivity contribution in [1.29, 1.82) is 0 Å². The summed E-state index contributed by atoms with van der Waals surface area (Å²) in [7, 11) is 0. The van der Waals surface area contributed by atoms with E-state index in [1.807, 2.05) is 0 Å². The molecule has 0 spiro atoms. The number of fused-ring (bicyclic) bond motifs is 5. The quantitative estimate of drug-likeness (QED) is 0.442. The molecule has 2 N–H and O–H groups in total. The van der Waals surface area contributed by atoms with Crippen molar-refractivity contribution in [2.75, 3.05) is 0 Å². The fourth-order valence-electron chi connectivity index (χ4n) is 7.88. The van der Waals surface area contributed by atoms with Gasteiger partial charge in [-0.05, 0) is 62.0 Å². The number of carbonyl (C=O) groups is 3. The van der Waals surface area contributed by atoms with Crippen LogP contribution in [0.2, 0.25) is 0 Å². The first kappa shape index (κ1) is 25.4. The van der Waals surface area contributed by atoms with Crippen LogP contribution in [-0.2, 0) is 14.3 Å². The molecule has 1 heterocycles. The van der Waals surface area contributed by atoms with Crippen LogP contribution in [-0.4, -0.2) is 50.1 Å². The molecule has 36 heavy (non-hydrogen) atoms. The van der Waals surface area contributed by atoms with Crippen LogP contribution < -0.4 is 0 Å². The summed E-state index contributed by atoms with van der Waals surface area (Å²) in [6, 6.07) is 2.85. The fraction of sp³-hybridized carbons (Fsp3) is 0.577. The van der Waals surface area contributed by atoms with Gasteiger partial charge in [-0.1, -0.05) is 19.9 Å². The van der Waals surface area contributed by atoms with Crippen LogP contribution in [0, 0.1) is 28.6 Å². The number of hydrogen-bond acceptors (Lipinski definition) is 8. The summed E-state index contributed by atoms with van der Waals surface area (Å²) < 4.78 is 53.7. The van der Waals surface area contributed by atoms with E-state index in [9.17, 15) is 24.0 Å². The number of aliphatic hydroxyl groups is 1. The summed E-state index contributed by atoms with van der Waals surface area (Å²) in [6.45, 7) is 4.79. The van der Waals surface area contributed by atoms with Gasteiger partial charge in [-0.3, -0.25) is 9.59 Å². The van der Waals surface area contributed by atoms with Crippen LogP contribution in [0.25, 0.3) is 0 Å². The highest BCUT2D eigenvalue weighted by Crippen LogP contribution is 2.72. The maximum Gasteiger partial charge on any atom is 0.375 e. The van der Waals surface area contributed by atoms with Crippen LogP contribution >= 0.6 is 12.0 Å². The van der Waals surface area contributed by atoms with Gasteiger partial charge in [-0.15, -0.1) is 0 Å². The number of allylic oxidation sites excluding steroid dienone is 4. The minimum absolute atomic E-state index is 0.0000472. The molecule has 4 aliphatic carbocycles. The lowest BCUT2D eigenvalue weighted by molar-refractivity contribution is -0.221. The number of hydrogen-bond donors (Lipinski definition) is 2. The number of esters is 1. The van der Waals surface area contributed by atoms with Gasteiger partial charge < -0.3 is 18.8 Å². The van der Waals surface area contributed by atoms with Gasteiger partial charge in [0, 0.05) is 22.7 Å². The van der Waals surface area contributed by atoms with E-state index in [1.165, 1.54) is 37.5 Å². The minimum Gasteiger partial charge on any atom is -0.457 e. The predicted molar refractivity (Wildman–Crippen MR) is 125 cm³/mol. The first-order chi connectivity index (χ1) is 16.9. The van der Waals surface area contributed by atoms with Gasteiger partial charge in [0.05, 0.1) is 24.4 Å². The normalized spacial score (nSPS) is 45.4. The van der Waals surface area contributed by atoms with Gasteiger partial charge in [-0.2, -0.15) is 0 Å². The zero-order valence-electron chi connectivity index (χ0n) is 20.1. The number of ketones is 1. The summed E-state index contributed by atoms with van der Waals surface area (Å²) in [6.07, 6.45) is 1.22. The molecule has 194 valence electrons. The molecule has 0 saturated heterocycles. The van der Waals surface area contributed by atoms with Crippen molar-refractivity contribution in [3.05, 3.63) is 48.0 Å². The average Bonchev–Trinajstić information content (AvgIpc) is 3.44. The monoisotopic (exact) mass is 522 g/mol. The molecule has 4 aliphatic rings. The number of aliphatic hydroxyl groups excluding tert-OH is 1. The Kier molecular flexibility index (Phi) is 5.70. The van der Waals surface area contributed by atoms with E-state index in [1.54, 1.807) is 13.8 Å². The van der Waals surface area contributed by atoms with E-state index in [0.717, 1.165) is 6.08 Å². The lowest BCUT2D eigenvalue weighted by atomic mass is 9.44. The van der Waals surface area contributed by atoms with Crippen molar-refractivity contribution in [3.8, 4) is 0 Å². The fourth-order valence-corrected chi connectivity index (χ4v) is 8.49. The predicted octanol–water partition coefficient (Wildman–Crippen LogP) is 4.47. The Labute approximate surface area is 211 Å². The van der Waals surface area contributed by atoms with Crippen molar-refractivity contribution in [2.24, 2.45) is 28.6 Å². The largest absolute Gasteiger partial charge is 0.457 e. The Hall–Kier alpha value is -2.30. The van der Waals surface area contributed by atoms with E-state index in [4.69, 9.17) is 9.15 Å². The second kappa shape index (κ2) is 8.10. The molecular formula is C26H28F2O7S. The van der Waals surface area contributed by atoms with Gasteiger partial charge in [0.1, 0.15) is 6.17 Å². The lowest BCUT2D eigenvalue weighted by Gasteiger charge is -2.63. The molecule has 0 aliphatic heterocycles. The zero-order valence-corrected chi connectivity index (χ0v) is 20.9. The maximum atomic E-state index is 17.3. The lowest BCUT2D eigenvalue weighted by Crippen LogP contribution is -2.70. The standard InChI is InChI=1S/C26H28F2O7S/c1-13-9-15-16-11-18(27)17-10-14(29)6-7-23(17,2)25(16,28)20(30)12-24(15,3)26(13,22(32)36-33)35-21(31)19-5-4-8-34-19/h4-8,10,13,15-16,18,20,30,33H,9,11-12H2,1-3H3/t13-,15?,16?,18+,20+,23?,24+,25+,26+/m1/s1. The van der Waals surface area contributed by atoms with Crippen LogP contribution in [0.1, 0.15) is 50.6 Å². The van der Waals surface area contributed by atoms with Crippen LogP contribution in [0.4, 0.5) is 8.78 Å². The second-order valence-electron chi connectivity index (χ2n) is 11.0. The van der Waals surface area contributed by atoms with E-state index >= 15 is 8.78 Å². The molecule has 9 atom stereocenters. The Bertz CT molecular complexity index is 1180. The van der Waals surface area contributed by atoms with Crippen molar-refractivity contribution in [2.45, 2.75) is 63.6 Å². The molecule has 0 bridgehead atoms. The molecule has 3 unspecified atom stereocenters. The number of furan rings is 1. The third-order valence-corrected chi connectivity index (χ3v) is 10.00. The molecule has 10 heteroatoms. The molecule has 0 amide bonds. The Morgan fingerprint density at radius 3 is 2.61 bits per heavy atom. The van der Waals surface area contributed by atoms with Crippen LogP contribution in [0.3, 0.4) is 0 Å². The van der Waals surface area contributed by atoms with Gasteiger partial charge in [-0.25, -0.2) is 13.6 Å². The smallest absolute Gasteiger partial charge is 0.375 e. The Balaban J connectivity index is 1.64. The summed E-state index contributed by atoms with van der Waals surface area (Å²) in [5.41, 5.74) is -7.16. The molecule has 7 nitrogen and oxygen atoms in total. The molecule has 3 saturated carbocycles. The number of ether oxygens (including phenoxy) is 1. The summed E-state index contributed by atoms with van der Waals surface area (Å²) in [5.74, 6) is -3.93. The number of carbonyl (C=O) groups excluding carboxylic acids is 3. The summed E-state index contributed by atoms with van der Waals surface area (Å²) in [5, 5.41) is 10.6. The molecule has 0 aromatic carbocycles. The average molecular weight is 523 g/mol. The van der Waals surface area contributed by atoms with Crippen LogP contribution in [0.15, 0.2) is 46.6 Å². The Morgan fingerprint density at radius 1 is 1.25 bits per heavy atom. The second-order valence-corrected chi connectivity index (χ2v) is 11.5. The van der Waals surface area contributed by atoms with E-state index in [-0.39, 0.29) is 42.6 Å².